The van der Waals surface area contributed by atoms with Gasteiger partial charge in [-0.3, -0.25) is 10.1 Å². The highest BCUT2D eigenvalue weighted by Gasteiger charge is 2.14. The van der Waals surface area contributed by atoms with Crippen molar-refractivity contribution < 1.29 is 22.0 Å². The molecule has 1 amide bonds. The Balaban J connectivity index is 1.89. The summed E-state index contributed by atoms with van der Waals surface area (Å²) in [6.45, 7) is 0. The van der Waals surface area contributed by atoms with Crippen LogP contribution in [0.25, 0.3) is 10.2 Å². The Labute approximate surface area is 139 Å². The number of carbonyl (C=O) groups excluding carboxylic acids is 1. The summed E-state index contributed by atoms with van der Waals surface area (Å²) in [5.41, 5.74) is 0.470. The van der Waals surface area contributed by atoms with E-state index >= 15 is 0 Å². The van der Waals surface area contributed by atoms with Gasteiger partial charge in [0.2, 0.25) is 0 Å². The second-order valence-electron chi connectivity index (χ2n) is 5.00. The number of halogens is 2. The van der Waals surface area contributed by atoms with Crippen LogP contribution >= 0.6 is 11.3 Å². The maximum Gasteiger partial charge on any atom is 0.257 e. The van der Waals surface area contributed by atoms with E-state index in [2.05, 4.69) is 10.3 Å². The van der Waals surface area contributed by atoms with E-state index < -0.39 is 27.4 Å². The number of hydrogen-bond acceptors (Lipinski definition) is 5. The van der Waals surface area contributed by atoms with Crippen LogP contribution in [-0.2, 0) is 9.84 Å². The molecule has 5 nitrogen and oxygen atoms in total. The zero-order valence-corrected chi connectivity index (χ0v) is 13.8. The molecule has 24 heavy (non-hydrogen) atoms. The minimum absolute atomic E-state index is 0.0509. The Morgan fingerprint density at radius 2 is 1.88 bits per heavy atom. The van der Waals surface area contributed by atoms with Crippen molar-refractivity contribution in [2.45, 2.75) is 4.90 Å². The number of fused-ring (bicyclic) bond motifs is 1. The van der Waals surface area contributed by atoms with Gasteiger partial charge in [-0.25, -0.2) is 22.2 Å². The van der Waals surface area contributed by atoms with Crippen LogP contribution in [0, 0.1) is 11.6 Å². The van der Waals surface area contributed by atoms with Crippen LogP contribution in [0.3, 0.4) is 0 Å². The highest BCUT2D eigenvalue weighted by Crippen LogP contribution is 2.28. The van der Waals surface area contributed by atoms with E-state index in [1.165, 1.54) is 18.2 Å². The second-order valence-corrected chi connectivity index (χ2v) is 8.05. The van der Waals surface area contributed by atoms with Crippen LogP contribution in [0.15, 0.2) is 41.3 Å². The van der Waals surface area contributed by atoms with Crippen LogP contribution in [0.4, 0.5) is 13.9 Å². The first-order valence-corrected chi connectivity index (χ1v) is 9.32. The van der Waals surface area contributed by atoms with Crippen molar-refractivity contribution in [3.63, 3.8) is 0 Å². The smallest absolute Gasteiger partial charge is 0.257 e. The zero-order chi connectivity index (χ0) is 17.5. The van der Waals surface area contributed by atoms with Gasteiger partial charge >= 0.3 is 0 Å². The van der Waals surface area contributed by atoms with E-state index in [1.807, 2.05) is 0 Å². The molecule has 1 aromatic heterocycles. The quantitative estimate of drug-likeness (QED) is 0.770. The van der Waals surface area contributed by atoms with Gasteiger partial charge in [0.1, 0.15) is 0 Å². The van der Waals surface area contributed by atoms with Gasteiger partial charge in [-0.2, -0.15) is 0 Å². The summed E-state index contributed by atoms with van der Waals surface area (Å²) in [6.07, 6.45) is 1.10. The van der Waals surface area contributed by atoms with Gasteiger partial charge in [0.15, 0.2) is 26.6 Å². The van der Waals surface area contributed by atoms with Crippen LogP contribution < -0.4 is 5.32 Å². The molecule has 124 valence electrons. The Hall–Kier alpha value is -2.39. The fourth-order valence-corrected chi connectivity index (χ4v) is 3.62. The molecular formula is C15H10F2N2O3S2. The molecule has 0 saturated heterocycles. The number of amides is 1. The molecule has 0 saturated carbocycles. The summed E-state index contributed by atoms with van der Waals surface area (Å²) in [5, 5.41) is 2.71. The summed E-state index contributed by atoms with van der Waals surface area (Å²) in [4.78, 5) is 16.4. The molecule has 0 radical (unpaired) electrons. The van der Waals surface area contributed by atoms with Gasteiger partial charge in [-0.05, 0) is 36.4 Å². The maximum absolute atomic E-state index is 13.2. The van der Waals surface area contributed by atoms with E-state index in [1.54, 1.807) is 0 Å². The fourth-order valence-electron chi connectivity index (χ4n) is 2.00. The second kappa shape index (κ2) is 5.91. The van der Waals surface area contributed by atoms with Crippen LogP contribution in [0.5, 0.6) is 0 Å². The first-order valence-electron chi connectivity index (χ1n) is 6.61. The number of anilines is 1. The Morgan fingerprint density at radius 1 is 1.12 bits per heavy atom. The van der Waals surface area contributed by atoms with Crippen molar-refractivity contribution in [3.05, 3.63) is 53.6 Å². The monoisotopic (exact) mass is 368 g/mol. The molecule has 9 heteroatoms. The van der Waals surface area contributed by atoms with Crippen molar-refractivity contribution in [3.8, 4) is 0 Å². The standard InChI is InChI=1S/C15H10F2N2O3S2/c1-24(21,22)9-3-5-12-13(7-9)23-15(18-12)19-14(20)8-2-4-10(16)11(17)6-8/h2-7H,1H3,(H,18,19,20). The average Bonchev–Trinajstić information content (AvgIpc) is 2.90. The van der Waals surface area contributed by atoms with Gasteiger partial charge in [0.05, 0.1) is 15.1 Å². The van der Waals surface area contributed by atoms with Crippen LogP contribution in [0.2, 0.25) is 0 Å². The van der Waals surface area contributed by atoms with Gasteiger partial charge < -0.3 is 0 Å². The molecule has 1 N–H and O–H groups in total. The van der Waals surface area contributed by atoms with Crippen LogP contribution in [0.1, 0.15) is 10.4 Å². The van der Waals surface area contributed by atoms with E-state index in [4.69, 9.17) is 0 Å². The summed E-state index contributed by atoms with van der Waals surface area (Å²) < 4.78 is 49.8. The average molecular weight is 368 g/mol. The first kappa shape index (κ1) is 16.5. The largest absolute Gasteiger partial charge is 0.298 e. The lowest BCUT2D eigenvalue weighted by Crippen LogP contribution is -2.12. The summed E-state index contributed by atoms with van der Waals surface area (Å²) in [7, 11) is -3.35. The molecule has 0 spiro atoms. The van der Waals surface area contributed by atoms with E-state index in [0.29, 0.717) is 10.2 Å². The number of nitrogens with one attached hydrogen (secondary N) is 1. The maximum atomic E-state index is 13.2. The molecule has 1 heterocycles. The molecule has 0 aliphatic rings. The number of benzene rings is 2. The van der Waals surface area contributed by atoms with E-state index in [-0.39, 0.29) is 15.6 Å². The molecular weight excluding hydrogens is 358 g/mol. The van der Waals surface area contributed by atoms with Crippen molar-refractivity contribution >= 4 is 42.4 Å². The number of sulfone groups is 1. The molecule has 0 aliphatic heterocycles. The van der Waals surface area contributed by atoms with Crippen molar-refractivity contribution in [1.29, 1.82) is 0 Å². The number of thiazole rings is 1. The molecule has 3 rings (SSSR count). The lowest BCUT2D eigenvalue weighted by molar-refractivity contribution is 0.102. The summed E-state index contributed by atoms with van der Waals surface area (Å²) in [6, 6.07) is 7.24. The Kier molecular flexibility index (Phi) is 4.06. The minimum atomic E-state index is -3.35. The topological polar surface area (TPSA) is 76.1 Å². The normalized spacial score (nSPS) is 11.6. The Morgan fingerprint density at radius 3 is 2.54 bits per heavy atom. The summed E-state index contributed by atoms with van der Waals surface area (Å²) in [5.74, 6) is -2.80. The van der Waals surface area contributed by atoms with E-state index in [9.17, 15) is 22.0 Å². The lowest BCUT2D eigenvalue weighted by Gasteiger charge is -2.01. The van der Waals surface area contributed by atoms with Gasteiger partial charge in [-0.15, -0.1) is 0 Å². The Bertz CT molecular complexity index is 1060. The van der Waals surface area contributed by atoms with Crippen LogP contribution in [-0.4, -0.2) is 25.6 Å². The molecule has 0 atom stereocenters. The molecule has 0 fully saturated rings. The molecule has 3 aromatic rings. The van der Waals surface area contributed by atoms with E-state index in [0.717, 1.165) is 35.8 Å². The minimum Gasteiger partial charge on any atom is -0.298 e. The highest BCUT2D eigenvalue weighted by atomic mass is 32.2. The predicted molar refractivity (Wildman–Crippen MR) is 87.0 cm³/mol. The first-order chi connectivity index (χ1) is 11.2. The molecule has 0 bridgehead atoms. The van der Waals surface area contributed by atoms with Gasteiger partial charge in [-0.1, -0.05) is 11.3 Å². The third kappa shape index (κ3) is 3.26. The van der Waals surface area contributed by atoms with Crippen molar-refractivity contribution in [2.24, 2.45) is 0 Å². The number of rotatable bonds is 3. The molecule has 0 aliphatic carbocycles. The zero-order valence-electron chi connectivity index (χ0n) is 12.2. The van der Waals surface area contributed by atoms with Crippen molar-refractivity contribution in [1.82, 2.24) is 4.98 Å². The predicted octanol–water partition coefficient (Wildman–Crippen LogP) is 3.23. The number of aromatic nitrogens is 1. The third-order valence-corrected chi connectivity index (χ3v) is 5.23. The molecule has 2 aromatic carbocycles. The number of hydrogen-bond donors (Lipinski definition) is 1. The number of nitrogens with zero attached hydrogens (tertiary/aromatic N) is 1. The fraction of sp³-hybridized carbons (Fsp3) is 0.0667. The summed E-state index contributed by atoms with van der Waals surface area (Å²) >= 11 is 1.08. The SMILES string of the molecule is CS(=O)(=O)c1ccc2nc(NC(=O)c3ccc(F)c(F)c3)sc2c1. The molecule has 0 unspecified atom stereocenters. The highest BCUT2D eigenvalue weighted by molar-refractivity contribution is 7.90. The number of carbonyl (C=O) groups is 1. The van der Waals surface area contributed by atoms with Gasteiger partial charge in [0.25, 0.3) is 5.91 Å². The third-order valence-electron chi connectivity index (χ3n) is 3.19. The van der Waals surface area contributed by atoms with Gasteiger partial charge in [0, 0.05) is 11.8 Å². The lowest BCUT2D eigenvalue weighted by atomic mass is 10.2. The van der Waals surface area contributed by atoms with Crippen molar-refractivity contribution in [2.75, 3.05) is 11.6 Å².